The van der Waals surface area contributed by atoms with Gasteiger partial charge >= 0.3 is 0 Å². The molecule has 2 rings (SSSR count). The zero-order valence-corrected chi connectivity index (χ0v) is 10.2. The molecule has 0 aliphatic carbocycles. The van der Waals surface area contributed by atoms with Gasteiger partial charge in [-0.05, 0) is 40.2 Å². The van der Waals surface area contributed by atoms with Gasteiger partial charge in [-0.25, -0.2) is 8.78 Å². The van der Waals surface area contributed by atoms with E-state index in [4.69, 9.17) is 10.5 Å². The second-order valence-electron chi connectivity index (χ2n) is 3.33. The highest BCUT2D eigenvalue weighted by Gasteiger charge is 2.09. The average molecular weight is 300 g/mol. The van der Waals surface area contributed by atoms with Gasteiger partial charge in [-0.2, -0.15) is 0 Å². The van der Waals surface area contributed by atoms with E-state index in [2.05, 4.69) is 15.9 Å². The van der Waals surface area contributed by atoms with Gasteiger partial charge in [0.2, 0.25) is 0 Å². The van der Waals surface area contributed by atoms with E-state index in [0.717, 1.165) is 0 Å². The van der Waals surface area contributed by atoms with Crippen molar-refractivity contribution in [1.29, 1.82) is 0 Å². The van der Waals surface area contributed by atoms with Crippen molar-refractivity contribution in [2.45, 2.75) is 0 Å². The van der Waals surface area contributed by atoms with E-state index < -0.39 is 11.6 Å². The van der Waals surface area contributed by atoms with E-state index in [1.165, 1.54) is 36.4 Å². The fourth-order valence-electron chi connectivity index (χ4n) is 1.28. The summed E-state index contributed by atoms with van der Waals surface area (Å²) in [5, 5.41) is 0. The van der Waals surface area contributed by atoms with E-state index in [1.807, 2.05) is 0 Å². The molecule has 88 valence electrons. The Morgan fingerprint density at radius 1 is 1.06 bits per heavy atom. The van der Waals surface area contributed by atoms with E-state index in [0.29, 0.717) is 4.47 Å². The number of para-hydroxylation sites is 1. The van der Waals surface area contributed by atoms with Crippen molar-refractivity contribution in [3.05, 3.63) is 52.5 Å². The molecule has 2 nitrogen and oxygen atoms in total. The van der Waals surface area contributed by atoms with Crippen molar-refractivity contribution in [1.82, 2.24) is 0 Å². The van der Waals surface area contributed by atoms with Crippen LogP contribution in [0.5, 0.6) is 11.5 Å². The third-order valence-electron chi connectivity index (χ3n) is 2.13. The molecule has 0 spiro atoms. The standard InChI is InChI=1S/C12H8BrF2NO/c13-8-5-4-7(14)6-11(8)17-10-3-1-2-9(15)12(10)16/h1-6H,16H2. The van der Waals surface area contributed by atoms with Gasteiger partial charge in [0.25, 0.3) is 0 Å². The first-order valence-corrected chi connectivity index (χ1v) is 5.54. The molecule has 2 N–H and O–H groups in total. The number of halogens is 3. The van der Waals surface area contributed by atoms with Gasteiger partial charge in [0.05, 0.1) is 4.47 Å². The van der Waals surface area contributed by atoms with E-state index in [-0.39, 0.29) is 17.2 Å². The summed E-state index contributed by atoms with van der Waals surface area (Å²) < 4.78 is 32.1. The van der Waals surface area contributed by atoms with Gasteiger partial charge in [-0.1, -0.05) is 6.07 Å². The number of anilines is 1. The van der Waals surface area contributed by atoms with Gasteiger partial charge in [0.15, 0.2) is 5.75 Å². The molecule has 0 heterocycles. The lowest BCUT2D eigenvalue weighted by Crippen LogP contribution is -1.95. The summed E-state index contributed by atoms with van der Waals surface area (Å²) in [6.45, 7) is 0. The monoisotopic (exact) mass is 299 g/mol. The quantitative estimate of drug-likeness (QED) is 0.847. The molecule has 0 bridgehead atoms. The number of nitrogen functional groups attached to an aromatic ring is 1. The molecule has 0 saturated carbocycles. The molecule has 0 amide bonds. The van der Waals surface area contributed by atoms with Gasteiger partial charge in [0, 0.05) is 6.07 Å². The van der Waals surface area contributed by atoms with Gasteiger partial charge in [0.1, 0.15) is 23.1 Å². The molecule has 2 aromatic carbocycles. The minimum atomic E-state index is -0.574. The summed E-state index contributed by atoms with van der Waals surface area (Å²) in [6.07, 6.45) is 0. The Hall–Kier alpha value is -1.62. The summed E-state index contributed by atoms with van der Waals surface area (Å²) in [5.41, 5.74) is 5.40. The van der Waals surface area contributed by atoms with E-state index in [1.54, 1.807) is 0 Å². The predicted octanol–water partition coefficient (Wildman–Crippen LogP) is 4.10. The van der Waals surface area contributed by atoms with Crippen LogP contribution in [0.15, 0.2) is 40.9 Å². The largest absolute Gasteiger partial charge is 0.454 e. The molecule has 17 heavy (non-hydrogen) atoms. The fraction of sp³-hybridized carbons (Fsp3) is 0. The van der Waals surface area contributed by atoms with Gasteiger partial charge < -0.3 is 10.5 Å². The number of benzene rings is 2. The SMILES string of the molecule is Nc1c(F)cccc1Oc1cc(F)ccc1Br. The first kappa shape index (κ1) is 11.9. The lowest BCUT2D eigenvalue weighted by Gasteiger charge is -2.10. The van der Waals surface area contributed by atoms with Crippen molar-refractivity contribution in [2.75, 3.05) is 5.73 Å². The van der Waals surface area contributed by atoms with Crippen LogP contribution in [0, 0.1) is 11.6 Å². The maximum absolute atomic E-state index is 13.2. The van der Waals surface area contributed by atoms with Crippen molar-refractivity contribution in [2.24, 2.45) is 0 Å². The summed E-state index contributed by atoms with van der Waals surface area (Å²) in [5.74, 6) is -0.633. The lowest BCUT2D eigenvalue weighted by molar-refractivity contribution is 0.471. The Labute approximate surface area is 105 Å². The molecule has 0 atom stereocenters. The second kappa shape index (κ2) is 4.71. The first-order chi connectivity index (χ1) is 8.08. The number of hydrogen-bond donors (Lipinski definition) is 1. The van der Waals surface area contributed by atoms with Crippen LogP contribution < -0.4 is 10.5 Å². The van der Waals surface area contributed by atoms with Crippen LogP contribution in [-0.2, 0) is 0 Å². The van der Waals surface area contributed by atoms with Crippen molar-refractivity contribution in [3.63, 3.8) is 0 Å². The minimum absolute atomic E-state index is 0.108. The number of hydrogen-bond acceptors (Lipinski definition) is 2. The van der Waals surface area contributed by atoms with E-state index >= 15 is 0 Å². The fourth-order valence-corrected chi connectivity index (χ4v) is 1.61. The van der Waals surface area contributed by atoms with Gasteiger partial charge in [-0.3, -0.25) is 0 Å². The van der Waals surface area contributed by atoms with E-state index in [9.17, 15) is 8.78 Å². The Balaban J connectivity index is 2.38. The third kappa shape index (κ3) is 2.55. The molecule has 0 unspecified atom stereocenters. The lowest BCUT2D eigenvalue weighted by atomic mass is 10.3. The summed E-state index contributed by atoms with van der Waals surface area (Å²) >= 11 is 3.20. The normalized spacial score (nSPS) is 10.3. The second-order valence-corrected chi connectivity index (χ2v) is 4.18. The molecule has 0 aromatic heterocycles. The average Bonchev–Trinajstić information content (AvgIpc) is 2.30. The number of rotatable bonds is 2. The summed E-state index contributed by atoms with van der Waals surface area (Å²) in [7, 11) is 0. The molecule has 0 aliphatic heterocycles. The maximum Gasteiger partial charge on any atom is 0.153 e. The van der Waals surface area contributed by atoms with Crippen LogP contribution in [0.4, 0.5) is 14.5 Å². The van der Waals surface area contributed by atoms with Crippen LogP contribution in [0.2, 0.25) is 0 Å². The zero-order chi connectivity index (χ0) is 12.4. The number of ether oxygens (including phenoxy) is 1. The molecule has 5 heteroatoms. The van der Waals surface area contributed by atoms with Crippen LogP contribution in [0.25, 0.3) is 0 Å². The Kier molecular flexibility index (Phi) is 3.28. The minimum Gasteiger partial charge on any atom is -0.454 e. The topological polar surface area (TPSA) is 35.2 Å². The molecule has 0 saturated heterocycles. The zero-order valence-electron chi connectivity index (χ0n) is 8.58. The maximum atomic E-state index is 13.2. The molecule has 0 aliphatic rings. The van der Waals surface area contributed by atoms with Gasteiger partial charge in [-0.15, -0.1) is 0 Å². The summed E-state index contributed by atoms with van der Waals surface area (Å²) in [6, 6.07) is 8.17. The molecule has 0 radical (unpaired) electrons. The molecule has 2 aromatic rings. The molecular weight excluding hydrogens is 292 g/mol. The van der Waals surface area contributed by atoms with Crippen LogP contribution in [0.3, 0.4) is 0 Å². The highest BCUT2D eigenvalue weighted by Crippen LogP contribution is 2.33. The first-order valence-electron chi connectivity index (χ1n) is 4.75. The predicted molar refractivity (Wildman–Crippen MR) is 65.0 cm³/mol. The molecule has 0 fully saturated rings. The van der Waals surface area contributed by atoms with Crippen LogP contribution in [0.1, 0.15) is 0 Å². The Morgan fingerprint density at radius 3 is 2.59 bits per heavy atom. The molecular formula is C12H8BrF2NO. The van der Waals surface area contributed by atoms with Crippen LogP contribution in [-0.4, -0.2) is 0 Å². The Bertz CT molecular complexity index is 560. The summed E-state index contributed by atoms with van der Waals surface area (Å²) in [4.78, 5) is 0. The highest BCUT2D eigenvalue weighted by atomic mass is 79.9. The van der Waals surface area contributed by atoms with Crippen molar-refractivity contribution < 1.29 is 13.5 Å². The Morgan fingerprint density at radius 2 is 1.82 bits per heavy atom. The number of nitrogens with two attached hydrogens (primary N) is 1. The van der Waals surface area contributed by atoms with Crippen LogP contribution >= 0.6 is 15.9 Å². The van der Waals surface area contributed by atoms with Crippen molar-refractivity contribution in [3.8, 4) is 11.5 Å². The highest BCUT2D eigenvalue weighted by molar-refractivity contribution is 9.10. The third-order valence-corrected chi connectivity index (χ3v) is 2.78. The van der Waals surface area contributed by atoms with Crippen molar-refractivity contribution >= 4 is 21.6 Å². The smallest absolute Gasteiger partial charge is 0.153 e.